The summed E-state index contributed by atoms with van der Waals surface area (Å²) in [6.45, 7) is 1.72. The Hall–Kier alpha value is -1.71. The van der Waals surface area contributed by atoms with Crippen molar-refractivity contribution in [3.05, 3.63) is 58.6 Å². The highest BCUT2D eigenvalue weighted by atomic mass is 35.5. The van der Waals surface area contributed by atoms with Crippen LogP contribution >= 0.6 is 11.6 Å². The molecule has 0 aliphatic rings. The summed E-state index contributed by atoms with van der Waals surface area (Å²) in [7, 11) is 3.15. The molecule has 0 aliphatic carbocycles. The van der Waals surface area contributed by atoms with Crippen molar-refractivity contribution in [3.8, 4) is 11.5 Å². The summed E-state index contributed by atoms with van der Waals surface area (Å²) in [5.41, 5.74) is 0.198. The van der Waals surface area contributed by atoms with Crippen LogP contribution in [0.25, 0.3) is 0 Å². The van der Waals surface area contributed by atoms with Gasteiger partial charge in [0.25, 0.3) is 0 Å². The molecular formula is C16H17ClO3. The Bertz CT molecular complexity index is 586. The van der Waals surface area contributed by atoms with Crippen LogP contribution in [-0.2, 0) is 5.60 Å². The van der Waals surface area contributed by atoms with Gasteiger partial charge in [-0.2, -0.15) is 0 Å². The SMILES string of the molecule is COc1cc(OC)cc(C(C)(O)c2cccc(Cl)c2)c1. The molecule has 0 radical (unpaired) electrons. The summed E-state index contributed by atoms with van der Waals surface area (Å²) in [6.07, 6.45) is 0. The van der Waals surface area contributed by atoms with Crippen LogP contribution in [0.2, 0.25) is 5.02 Å². The average Bonchev–Trinajstić information content (AvgIpc) is 2.46. The van der Waals surface area contributed by atoms with E-state index in [9.17, 15) is 5.11 Å². The number of benzene rings is 2. The number of aliphatic hydroxyl groups is 1. The van der Waals surface area contributed by atoms with Crippen LogP contribution in [0.3, 0.4) is 0 Å². The van der Waals surface area contributed by atoms with Crippen molar-refractivity contribution in [2.24, 2.45) is 0 Å². The van der Waals surface area contributed by atoms with E-state index in [1.165, 1.54) is 0 Å². The van der Waals surface area contributed by atoms with Gasteiger partial charge >= 0.3 is 0 Å². The number of ether oxygens (including phenoxy) is 2. The Labute approximate surface area is 123 Å². The van der Waals surface area contributed by atoms with Crippen molar-refractivity contribution < 1.29 is 14.6 Å². The molecule has 2 rings (SSSR count). The van der Waals surface area contributed by atoms with E-state index in [2.05, 4.69) is 0 Å². The normalized spacial score (nSPS) is 13.7. The van der Waals surface area contributed by atoms with Crippen molar-refractivity contribution in [3.63, 3.8) is 0 Å². The van der Waals surface area contributed by atoms with Crippen LogP contribution in [0.4, 0.5) is 0 Å². The monoisotopic (exact) mass is 292 g/mol. The van der Waals surface area contributed by atoms with Gasteiger partial charge in [-0.1, -0.05) is 23.7 Å². The van der Waals surface area contributed by atoms with Gasteiger partial charge in [-0.25, -0.2) is 0 Å². The second-order valence-corrected chi connectivity index (χ2v) is 5.12. The first kappa shape index (κ1) is 14.7. The fourth-order valence-corrected chi connectivity index (χ4v) is 2.24. The van der Waals surface area contributed by atoms with Gasteiger partial charge < -0.3 is 14.6 Å². The van der Waals surface area contributed by atoms with Gasteiger partial charge in [-0.05, 0) is 42.3 Å². The van der Waals surface area contributed by atoms with E-state index >= 15 is 0 Å². The largest absolute Gasteiger partial charge is 0.497 e. The van der Waals surface area contributed by atoms with E-state index in [4.69, 9.17) is 21.1 Å². The molecule has 4 heteroatoms. The first-order valence-electron chi connectivity index (χ1n) is 6.19. The van der Waals surface area contributed by atoms with Crippen molar-refractivity contribution in [1.29, 1.82) is 0 Å². The Morgan fingerprint density at radius 3 is 2.05 bits per heavy atom. The average molecular weight is 293 g/mol. The molecule has 106 valence electrons. The molecule has 0 aliphatic heterocycles. The van der Waals surface area contributed by atoms with Crippen LogP contribution in [0, 0.1) is 0 Å². The summed E-state index contributed by atoms with van der Waals surface area (Å²) < 4.78 is 10.5. The zero-order chi connectivity index (χ0) is 14.8. The van der Waals surface area contributed by atoms with Gasteiger partial charge in [-0.15, -0.1) is 0 Å². The van der Waals surface area contributed by atoms with Gasteiger partial charge in [0.1, 0.15) is 17.1 Å². The molecule has 1 N–H and O–H groups in total. The second kappa shape index (κ2) is 5.73. The number of methoxy groups -OCH3 is 2. The molecule has 3 nitrogen and oxygen atoms in total. The summed E-state index contributed by atoms with van der Waals surface area (Å²) >= 11 is 5.99. The van der Waals surface area contributed by atoms with Crippen molar-refractivity contribution in [2.75, 3.05) is 14.2 Å². The maximum atomic E-state index is 10.9. The van der Waals surface area contributed by atoms with E-state index in [1.807, 2.05) is 12.1 Å². The Balaban J connectivity index is 2.53. The lowest BCUT2D eigenvalue weighted by Gasteiger charge is -2.25. The van der Waals surface area contributed by atoms with Crippen LogP contribution in [0.5, 0.6) is 11.5 Å². The summed E-state index contributed by atoms with van der Waals surface area (Å²) in [4.78, 5) is 0. The molecule has 0 saturated carbocycles. The lowest BCUT2D eigenvalue weighted by molar-refractivity contribution is 0.102. The molecule has 0 fully saturated rings. The third-order valence-corrected chi connectivity index (χ3v) is 3.54. The lowest BCUT2D eigenvalue weighted by Crippen LogP contribution is -2.22. The molecule has 0 aromatic heterocycles. The first-order valence-corrected chi connectivity index (χ1v) is 6.57. The van der Waals surface area contributed by atoms with Crippen LogP contribution in [-0.4, -0.2) is 19.3 Å². The molecule has 0 amide bonds. The molecule has 0 bridgehead atoms. The van der Waals surface area contributed by atoms with Gasteiger partial charge in [0.2, 0.25) is 0 Å². The summed E-state index contributed by atoms with van der Waals surface area (Å²) in [6, 6.07) is 12.5. The fraction of sp³-hybridized carbons (Fsp3) is 0.250. The van der Waals surface area contributed by atoms with Crippen LogP contribution < -0.4 is 9.47 Å². The van der Waals surface area contributed by atoms with Crippen molar-refractivity contribution in [2.45, 2.75) is 12.5 Å². The van der Waals surface area contributed by atoms with Crippen LogP contribution in [0.1, 0.15) is 18.1 Å². The van der Waals surface area contributed by atoms with Gasteiger partial charge in [-0.3, -0.25) is 0 Å². The predicted octanol–water partition coefficient (Wildman–Crippen LogP) is 3.61. The molecule has 2 aromatic rings. The first-order chi connectivity index (χ1) is 9.47. The van der Waals surface area contributed by atoms with E-state index in [0.29, 0.717) is 27.6 Å². The smallest absolute Gasteiger partial charge is 0.122 e. The minimum absolute atomic E-state index is 0.581. The minimum Gasteiger partial charge on any atom is -0.497 e. The van der Waals surface area contributed by atoms with Crippen LogP contribution in [0.15, 0.2) is 42.5 Å². The van der Waals surface area contributed by atoms with E-state index in [0.717, 1.165) is 0 Å². The van der Waals surface area contributed by atoms with E-state index in [1.54, 1.807) is 51.5 Å². The summed E-state index contributed by atoms with van der Waals surface area (Å²) in [5, 5.41) is 11.4. The van der Waals surface area contributed by atoms with Crippen molar-refractivity contribution >= 4 is 11.6 Å². The standard InChI is InChI=1S/C16H17ClO3/c1-16(18,11-5-4-6-13(17)7-11)12-8-14(19-2)10-15(9-12)20-3/h4-10,18H,1-3H3. The third kappa shape index (κ3) is 2.89. The number of hydrogen-bond acceptors (Lipinski definition) is 3. The Morgan fingerprint density at radius 1 is 0.950 bits per heavy atom. The summed E-state index contributed by atoms with van der Waals surface area (Å²) in [5.74, 6) is 1.25. The zero-order valence-electron chi connectivity index (χ0n) is 11.7. The number of rotatable bonds is 4. The highest BCUT2D eigenvalue weighted by Gasteiger charge is 2.27. The molecule has 0 heterocycles. The number of halogens is 1. The van der Waals surface area contributed by atoms with Gasteiger partial charge in [0.05, 0.1) is 14.2 Å². The Kier molecular flexibility index (Phi) is 4.21. The topological polar surface area (TPSA) is 38.7 Å². The maximum absolute atomic E-state index is 10.9. The molecule has 0 spiro atoms. The maximum Gasteiger partial charge on any atom is 0.122 e. The molecule has 1 atom stereocenters. The minimum atomic E-state index is -1.19. The quantitative estimate of drug-likeness (QED) is 0.935. The number of hydrogen-bond donors (Lipinski definition) is 1. The van der Waals surface area contributed by atoms with Gasteiger partial charge in [0.15, 0.2) is 0 Å². The highest BCUT2D eigenvalue weighted by Crippen LogP contribution is 2.35. The molecule has 2 aromatic carbocycles. The molecule has 20 heavy (non-hydrogen) atoms. The second-order valence-electron chi connectivity index (χ2n) is 4.68. The molecular weight excluding hydrogens is 276 g/mol. The molecule has 0 saturated heterocycles. The highest BCUT2D eigenvalue weighted by molar-refractivity contribution is 6.30. The van der Waals surface area contributed by atoms with Gasteiger partial charge in [0, 0.05) is 11.1 Å². The van der Waals surface area contributed by atoms with E-state index in [-0.39, 0.29) is 0 Å². The zero-order valence-corrected chi connectivity index (χ0v) is 12.4. The Morgan fingerprint density at radius 2 is 1.55 bits per heavy atom. The predicted molar refractivity (Wildman–Crippen MR) is 79.7 cm³/mol. The third-order valence-electron chi connectivity index (χ3n) is 3.30. The lowest BCUT2D eigenvalue weighted by atomic mass is 9.88. The molecule has 1 unspecified atom stereocenters. The van der Waals surface area contributed by atoms with Crippen molar-refractivity contribution in [1.82, 2.24) is 0 Å². The van der Waals surface area contributed by atoms with E-state index < -0.39 is 5.60 Å². The fourth-order valence-electron chi connectivity index (χ4n) is 2.05.